The first kappa shape index (κ1) is 7.97. The van der Waals surface area contributed by atoms with Gasteiger partial charge in [-0.3, -0.25) is 9.36 Å². The maximum absolute atomic E-state index is 11.7. The van der Waals surface area contributed by atoms with Crippen LogP contribution in [0.15, 0.2) is 15.6 Å². The van der Waals surface area contributed by atoms with Crippen LogP contribution in [0, 0.1) is 6.92 Å². The van der Waals surface area contributed by atoms with Crippen molar-refractivity contribution in [3.05, 3.63) is 22.4 Å². The molecule has 2 heterocycles. The van der Waals surface area contributed by atoms with Gasteiger partial charge >= 0.3 is 0 Å². The summed E-state index contributed by atoms with van der Waals surface area (Å²) in [6.45, 7) is 4.22. The normalized spacial score (nSPS) is 10.9. The molecular formula is C8H9N3O2. The average Bonchev–Trinajstić information content (AvgIpc) is 2.49. The molecule has 0 aliphatic carbocycles. The molecule has 5 heteroatoms. The van der Waals surface area contributed by atoms with Crippen molar-refractivity contribution >= 4 is 11.1 Å². The van der Waals surface area contributed by atoms with Crippen LogP contribution in [0.25, 0.3) is 11.1 Å². The van der Waals surface area contributed by atoms with E-state index in [1.54, 1.807) is 6.92 Å². The average molecular weight is 179 g/mol. The number of aryl methyl sites for hydroxylation is 2. The van der Waals surface area contributed by atoms with E-state index >= 15 is 0 Å². The Bertz CT molecular complexity index is 498. The Hall–Kier alpha value is -1.65. The highest BCUT2D eigenvalue weighted by Gasteiger charge is 2.10. The molecule has 68 valence electrons. The van der Waals surface area contributed by atoms with Crippen molar-refractivity contribution in [2.75, 3.05) is 0 Å². The lowest BCUT2D eigenvalue weighted by molar-refractivity contribution is 0.442. The predicted molar refractivity (Wildman–Crippen MR) is 46.5 cm³/mol. The third-order valence-electron chi connectivity index (χ3n) is 1.97. The molecule has 0 spiro atoms. The van der Waals surface area contributed by atoms with Crippen molar-refractivity contribution in [2.45, 2.75) is 20.4 Å². The Morgan fingerprint density at radius 1 is 1.62 bits per heavy atom. The quantitative estimate of drug-likeness (QED) is 0.646. The lowest BCUT2D eigenvalue weighted by Gasteiger charge is -1.97. The Kier molecular flexibility index (Phi) is 1.65. The summed E-state index contributed by atoms with van der Waals surface area (Å²) in [5.74, 6) is 0. The highest BCUT2D eigenvalue weighted by molar-refractivity contribution is 5.73. The second-order valence-electron chi connectivity index (χ2n) is 2.78. The largest absolute Gasteiger partial charge is 0.335 e. The van der Waals surface area contributed by atoms with E-state index < -0.39 is 0 Å². The molecule has 13 heavy (non-hydrogen) atoms. The molecule has 0 aliphatic rings. The number of aromatic nitrogens is 3. The van der Waals surface area contributed by atoms with Crippen LogP contribution < -0.4 is 5.56 Å². The molecular weight excluding hydrogens is 170 g/mol. The highest BCUT2D eigenvalue weighted by Crippen LogP contribution is 2.09. The van der Waals surface area contributed by atoms with Gasteiger partial charge in [0.1, 0.15) is 11.7 Å². The van der Waals surface area contributed by atoms with Crippen LogP contribution >= 0.6 is 0 Å². The summed E-state index contributed by atoms with van der Waals surface area (Å²) in [6.07, 6.45) is 1.47. The fraction of sp³-hybridized carbons (Fsp3) is 0.375. The van der Waals surface area contributed by atoms with E-state index in [1.807, 2.05) is 6.92 Å². The Morgan fingerprint density at radius 3 is 3.08 bits per heavy atom. The van der Waals surface area contributed by atoms with Crippen molar-refractivity contribution in [1.29, 1.82) is 0 Å². The summed E-state index contributed by atoms with van der Waals surface area (Å²) in [6, 6.07) is 0. The van der Waals surface area contributed by atoms with E-state index in [0.717, 1.165) is 0 Å². The van der Waals surface area contributed by atoms with Crippen LogP contribution in [0.5, 0.6) is 0 Å². The fourth-order valence-electron chi connectivity index (χ4n) is 1.24. The van der Waals surface area contributed by atoms with Gasteiger partial charge in [-0.2, -0.15) is 0 Å². The summed E-state index contributed by atoms with van der Waals surface area (Å²) >= 11 is 0. The van der Waals surface area contributed by atoms with Crippen LogP contribution in [-0.4, -0.2) is 14.7 Å². The molecule has 5 nitrogen and oxygen atoms in total. The van der Waals surface area contributed by atoms with Gasteiger partial charge in [0.05, 0.1) is 5.69 Å². The van der Waals surface area contributed by atoms with Crippen LogP contribution in [0.1, 0.15) is 12.6 Å². The lowest BCUT2D eigenvalue weighted by atomic mass is 10.3. The maximum atomic E-state index is 11.7. The molecule has 0 bridgehead atoms. The third-order valence-corrected chi connectivity index (χ3v) is 1.97. The van der Waals surface area contributed by atoms with Crippen LogP contribution in [0.4, 0.5) is 0 Å². The van der Waals surface area contributed by atoms with Gasteiger partial charge in [0.2, 0.25) is 0 Å². The Morgan fingerprint density at radius 2 is 2.38 bits per heavy atom. The van der Waals surface area contributed by atoms with Crippen molar-refractivity contribution in [3.63, 3.8) is 0 Å². The Balaban J connectivity index is 2.92. The number of hydrogen-bond donors (Lipinski definition) is 0. The summed E-state index contributed by atoms with van der Waals surface area (Å²) in [7, 11) is 0. The lowest BCUT2D eigenvalue weighted by Crippen LogP contribution is -2.19. The van der Waals surface area contributed by atoms with Crippen molar-refractivity contribution in [1.82, 2.24) is 14.7 Å². The van der Waals surface area contributed by atoms with E-state index in [1.165, 1.54) is 10.9 Å². The van der Waals surface area contributed by atoms with Gasteiger partial charge in [-0.15, -0.1) is 0 Å². The topological polar surface area (TPSA) is 60.9 Å². The van der Waals surface area contributed by atoms with Gasteiger partial charge in [0.15, 0.2) is 0 Å². The second-order valence-corrected chi connectivity index (χ2v) is 2.78. The van der Waals surface area contributed by atoms with E-state index in [4.69, 9.17) is 4.52 Å². The van der Waals surface area contributed by atoms with E-state index in [0.29, 0.717) is 23.3 Å². The third kappa shape index (κ3) is 1.04. The van der Waals surface area contributed by atoms with Gasteiger partial charge in [-0.25, -0.2) is 4.98 Å². The van der Waals surface area contributed by atoms with Gasteiger partial charge in [0.25, 0.3) is 11.3 Å². The van der Waals surface area contributed by atoms with Gasteiger partial charge < -0.3 is 4.52 Å². The van der Waals surface area contributed by atoms with Crippen LogP contribution in [0.2, 0.25) is 0 Å². The summed E-state index contributed by atoms with van der Waals surface area (Å²) in [5, 5.41) is 4.16. The summed E-state index contributed by atoms with van der Waals surface area (Å²) in [5.41, 5.74) is 0.814. The molecule has 0 saturated heterocycles. The Labute approximate surface area is 74.0 Å². The summed E-state index contributed by atoms with van der Waals surface area (Å²) in [4.78, 5) is 15.6. The standard InChI is InChI=1S/C8H9N3O2/c1-3-11-4-9-7-6(8(11)12)5(2)10-13-7/h4H,3H2,1-2H3. The minimum Gasteiger partial charge on any atom is -0.335 e. The molecule has 0 N–H and O–H groups in total. The van der Waals surface area contributed by atoms with E-state index in [9.17, 15) is 4.79 Å². The molecule has 2 aromatic rings. The van der Waals surface area contributed by atoms with Crippen molar-refractivity contribution < 1.29 is 4.52 Å². The van der Waals surface area contributed by atoms with Crippen LogP contribution in [-0.2, 0) is 6.54 Å². The van der Waals surface area contributed by atoms with Gasteiger partial charge in [-0.1, -0.05) is 5.16 Å². The first-order chi connectivity index (χ1) is 6.24. The maximum Gasteiger partial charge on any atom is 0.266 e. The van der Waals surface area contributed by atoms with E-state index in [-0.39, 0.29) is 5.56 Å². The fourth-order valence-corrected chi connectivity index (χ4v) is 1.24. The zero-order valence-corrected chi connectivity index (χ0v) is 7.44. The van der Waals surface area contributed by atoms with Crippen molar-refractivity contribution in [2.24, 2.45) is 0 Å². The predicted octanol–water partition coefficient (Wildman–Crippen LogP) is 0.713. The first-order valence-corrected chi connectivity index (χ1v) is 4.05. The van der Waals surface area contributed by atoms with Crippen molar-refractivity contribution in [3.8, 4) is 0 Å². The molecule has 0 unspecified atom stereocenters. The molecule has 0 saturated carbocycles. The molecule has 0 atom stereocenters. The number of rotatable bonds is 1. The number of hydrogen-bond acceptors (Lipinski definition) is 4. The number of nitrogens with zero attached hydrogens (tertiary/aromatic N) is 3. The minimum absolute atomic E-state index is 0.0914. The zero-order chi connectivity index (χ0) is 9.42. The second kappa shape index (κ2) is 2.69. The van der Waals surface area contributed by atoms with Gasteiger partial charge in [-0.05, 0) is 13.8 Å². The zero-order valence-electron chi connectivity index (χ0n) is 7.44. The minimum atomic E-state index is -0.0914. The van der Waals surface area contributed by atoms with Gasteiger partial charge in [0, 0.05) is 6.54 Å². The smallest absolute Gasteiger partial charge is 0.266 e. The number of fused-ring (bicyclic) bond motifs is 1. The van der Waals surface area contributed by atoms with Crippen LogP contribution in [0.3, 0.4) is 0 Å². The first-order valence-electron chi connectivity index (χ1n) is 4.05. The molecule has 0 radical (unpaired) electrons. The molecule has 2 aromatic heterocycles. The summed E-state index contributed by atoms with van der Waals surface area (Å²) < 4.78 is 6.37. The SMILES string of the molecule is CCn1cnc2onc(C)c2c1=O. The molecule has 0 aliphatic heterocycles. The highest BCUT2D eigenvalue weighted by atomic mass is 16.5. The molecule has 0 amide bonds. The monoisotopic (exact) mass is 179 g/mol. The van der Waals surface area contributed by atoms with E-state index in [2.05, 4.69) is 10.1 Å². The molecule has 2 rings (SSSR count). The molecule has 0 fully saturated rings. The molecule has 0 aromatic carbocycles.